The molecule has 1 aliphatic rings. The first kappa shape index (κ1) is 15.8. The summed E-state index contributed by atoms with van der Waals surface area (Å²) in [6, 6.07) is 0. The average molecular weight is 321 g/mol. The number of nitrogens with zero attached hydrogens (tertiary/aromatic N) is 2. The van der Waals surface area contributed by atoms with Gasteiger partial charge in [0.25, 0.3) is 9.05 Å². The molecule has 0 bridgehead atoms. The Morgan fingerprint density at radius 2 is 2.05 bits per heavy atom. The molecule has 20 heavy (non-hydrogen) atoms. The Balaban J connectivity index is 2.36. The number of aryl methyl sites for hydroxylation is 1. The van der Waals surface area contributed by atoms with E-state index in [1.807, 2.05) is 13.8 Å². The molecule has 0 N–H and O–H groups in total. The average Bonchev–Trinajstić information content (AvgIpc) is 2.92. The zero-order valence-electron chi connectivity index (χ0n) is 12.1. The third-order valence-corrected chi connectivity index (χ3v) is 5.11. The van der Waals surface area contributed by atoms with Gasteiger partial charge in [0.1, 0.15) is 4.90 Å². The van der Waals surface area contributed by atoms with Crippen molar-refractivity contribution in [1.82, 2.24) is 9.78 Å². The van der Waals surface area contributed by atoms with E-state index in [2.05, 4.69) is 12.0 Å². The van der Waals surface area contributed by atoms with Gasteiger partial charge >= 0.3 is 0 Å². The molecule has 2 atom stereocenters. The minimum absolute atomic E-state index is 0.103. The SMILES string of the molecule is CCc1nn(CC2CCC(C)O2)c(CC)c1S(=O)(=O)Cl. The summed E-state index contributed by atoms with van der Waals surface area (Å²) in [5.74, 6) is 0. The summed E-state index contributed by atoms with van der Waals surface area (Å²) in [7, 11) is 1.80. The number of hydrogen-bond acceptors (Lipinski definition) is 4. The quantitative estimate of drug-likeness (QED) is 0.782. The van der Waals surface area contributed by atoms with E-state index in [-0.39, 0.29) is 17.1 Å². The second kappa shape index (κ2) is 6.03. The predicted molar refractivity (Wildman–Crippen MR) is 77.6 cm³/mol. The fourth-order valence-corrected chi connectivity index (χ4v) is 4.29. The van der Waals surface area contributed by atoms with Crippen molar-refractivity contribution in [2.75, 3.05) is 0 Å². The van der Waals surface area contributed by atoms with Gasteiger partial charge in [-0.25, -0.2) is 8.42 Å². The molecule has 0 saturated carbocycles. The summed E-state index contributed by atoms with van der Waals surface area (Å²) in [4.78, 5) is 0.190. The molecule has 0 amide bonds. The van der Waals surface area contributed by atoms with Gasteiger partial charge in [0.05, 0.1) is 30.1 Å². The molecule has 0 spiro atoms. The molecule has 1 aromatic rings. The highest BCUT2D eigenvalue weighted by atomic mass is 35.7. The van der Waals surface area contributed by atoms with Crippen LogP contribution in [0.15, 0.2) is 4.90 Å². The van der Waals surface area contributed by atoms with Crippen LogP contribution in [-0.4, -0.2) is 30.4 Å². The van der Waals surface area contributed by atoms with Crippen LogP contribution in [0.5, 0.6) is 0 Å². The van der Waals surface area contributed by atoms with Crippen LogP contribution >= 0.6 is 10.7 Å². The molecule has 2 unspecified atom stereocenters. The Morgan fingerprint density at radius 1 is 1.35 bits per heavy atom. The Hall–Kier alpha value is -0.590. The topological polar surface area (TPSA) is 61.2 Å². The highest BCUT2D eigenvalue weighted by molar-refractivity contribution is 8.13. The highest BCUT2D eigenvalue weighted by Crippen LogP contribution is 2.27. The first-order chi connectivity index (χ1) is 9.36. The van der Waals surface area contributed by atoms with E-state index in [4.69, 9.17) is 15.4 Å². The van der Waals surface area contributed by atoms with E-state index >= 15 is 0 Å². The second-order valence-corrected chi connectivity index (χ2v) is 7.70. The van der Waals surface area contributed by atoms with Crippen molar-refractivity contribution in [3.05, 3.63) is 11.4 Å². The van der Waals surface area contributed by atoms with E-state index in [9.17, 15) is 8.42 Å². The smallest absolute Gasteiger partial charge is 0.264 e. The largest absolute Gasteiger partial charge is 0.373 e. The van der Waals surface area contributed by atoms with Gasteiger partial charge in [-0.2, -0.15) is 5.10 Å². The second-order valence-electron chi connectivity index (χ2n) is 5.20. The first-order valence-corrected chi connectivity index (χ1v) is 9.36. The zero-order valence-corrected chi connectivity index (χ0v) is 13.7. The van der Waals surface area contributed by atoms with E-state index in [0.29, 0.717) is 30.8 Å². The van der Waals surface area contributed by atoms with Gasteiger partial charge in [-0.3, -0.25) is 4.68 Å². The molecule has 114 valence electrons. The van der Waals surface area contributed by atoms with Gasteiger partial charge in [-0.1, -0.05) is 13.8 Å². The van der Waals surface area contributed by atoms with Crippen LogP contribution in [0.1, 0.15) is 45.0 Å². The normalized spacial score (nSPS) is 23.4. The monoisotopic (exact) mass is 320 g/mol. The van der Waals surface area contributed by atoms with Gasteiger partial charge in [-0.15, -0.1) is 0 Å². The summed E-state index contributed by atoms with van der Waals surface area (Å²) in [6.07, 6.45) is 3.51. The van der Waals surface area contributed by atoms with Crippen molar-refractivity contribution >= 4 is 19.7 Å². The Kier molecular flexibility index (Phi) is 4.76. The lowest BCUT2D eigenvalue weighted by molar-refractivity contribution is 0.0431. The molecule has 1 fully saturated rings. The van der Waals surface area contributed by atoms with Crippen LogP contribution in [0.3, 0.4) is 0 Å². The maximum absolute atomic E-state index is 11.8. The standard InChI is InChI=1S/C13H21ClN2O3S/c1-4-11-13(20(14,17)18)12(5-2)16(15-11)8-10-7-6-9(3)19-10/h9-10H,4-8H2,1-3H3. The van der Waals surface area contributed by atoms with Gasteiger partial charge in [0, 0.05) is 10.7 Å². The van der Waals surface area contributed by atoms with Crippen molar-refractivity contribution in [2.24, 2.45) is 0 Å². The van der Waals surface area contributed by atoms with Crippen LogP contribution in [0.2, 0.25) is 0 Å². The van der Waals surface area contributed by atoms with E-state index in [1.165, 1.54) is 0 Å². The van der Waals surface area contributed by atoms with Gasteiger partial charge < -0.3 is 4.74 Å². The van der Waals surface area contributed by atoms with Crippen molar-refractivity contribution in [2.45, 2.75) is 70.1 Å². The van der Waals surface area contributed by atoms with Crippen LogP contribution in [0.4, 0.5) is 0 Å². The van der Waals surface area contributed by atoms with Crippen molar-refractivity contribution in [3.63, 3.8) is 0 Å². The van der Waals surface area contributed by atoms with Gasteiger partial charge in [-0.05, 0) is 32.6 Å². The van der Waals surface area contributed by atoms with Crippen molar-refractivity contribution < 1.29 is 13.2 Å². The highest BCUT2D eigenvalue weighted by Gasteiger charge is 2.28. The minimum Gasteiger partial charge on any atom is -0.373 e. The third-order valence-electron chi connectivity index (χ3n) is 3.69. The number of halogens is 1. The molecule has 5 nitrogen and oxygen atoms in total. The lowest BCUT2D eigenvalue weighted by Crippen LogP contribution is -2.19. The fraction of sp³-hybridized carbons (Fsp3) is 0.769. The van der Waals surface area contributed by atoms with Crippen LogP contribution < -0.4 is 0 Å². The molecule has 2 heterocycles. The molecule has 0 radical (unpaired) electrons. The summed E-state index contributed by atoms with van der Waals surface area (Å²) in [5, 5.41) is 4.43. The summed E-state index contributed by atoms with van der Waals surface area (Å²) >= 11 is 0. The maximum atomic E-state index is 11.8. The van der Waals surface area contributed by atoms with Crippen LogP contribution in [-0.2, 0) is 33.2 Å². The van der Waals surface area contributed by atoms with Crippen molar-refractivity contribution in [1.29, 1.82) is 0 Å². The number of hydrogen-bond donors (Lipinski definition) is 0. The van der Waals surface area contributed by atoms with E-state index in [1.54, 1.807) is 4.68 Å². The van der Waals surface area contributed by atoms with Crippen LogP contribution in [0.25, 0.3) is 0 Å². The fourth-order valence-electron chi connectivity index (χ4n) is 2.75. The zero-order chi connectivity index (χ0) is 14.9. The number of ether oxygens (including phenoxy) is 1. The molecule has 0 aromatic carbocycles. The lowest BCUT2D eigenvalue weighted by atomic mass is 10.2. The minimum atomic E-state index is -3.76. The Labute approximate surface area is 124 Å². The lowest BCUT2D eigenvalue weighted by Gasteiger charge is -2.13. The Morgan fingerprint density at radius 3 is 2.50 bits per heavy atom. The molecule has 0 aliphatic carbocycles. The maximum Gasteiger partial charge on any atom is 0.264 e. The van der Waals surface area contributed by atoms with E-state index < -0.39 is 9.05 Å². The molecular formula is C13H21ClN2O3S. The Bertz CT molecular complexity index is 583. The molecule has 1 aliphatic heterocycles. The summed E-state index contributed by atoms with van der Waals surface area (Å²) in [5.41, 5.74) is 1.22. The molecule has 1 aromatic heterocycles. The summed E-state index contributed by atoms with van der Waals surface area (Å²) < 4.78 is 31.1. The molecule has 2 rings (SSSR count). The number of rotatable bonds is 5. The molecular weight excluding hydrogens is 300 g/mol. The predicted octanol–water partition coefficient (Wildman–Crippen LogP) is 2.50. The van der Waals surface area contributed by atoms with Gasteiger partial charge in [0.2, 0.25) is 0 Å². The molecule has 7 heteroatoms. The molecule has 1 saturated heterocycles. The van der Waals surface area contributed by atoms with E-state index in [0.717, 1.165) is 12.8 Å². The third kappa shape index (κ3) is 3.18. The summed E-state index contributed by atoms with van der Waals surface area (Å²) in [6.45, 7) is 6.44. The number of aromatic nitrogens is 2. The van der Waals surface area contributed by atoms with Crippen molar-refractivity contribution in [3.8, 4) is 0 Å². The van der Waals surface area contributed by atoms with Gasteiger partial charge in [0.15, 0.2) is 0 Å². The first-order valence-electron chi connectivity index (χ1n) is 7.05. The van der Waals surface area contributed by atoms with Crippen LogP contribution in [0, 0.1) is 0 Å².